The lowest BCUT2D eigenvalue weighted by Crippen LogP contribution is -2.12. The Morgan fingerprint density at radius 3 is 2.33 bits per heavy atom. The number of hydrogen-bond acceptors (Lipinski definition) is 5. The maximum absolute atomic E-state index is 11.8. The van der Waals surface area contributed by atoms with Gasteiger partial charge in [0.1, 0.15) is 0 Å². The number of ether oxygens (including phenoxy) is 1. The van der Waals surface area contributed by atoms with E-state index in [0.717, 1.165) is 6.26 Å². The Labute approximate surface area is 131 Å². The Morgan fingerprint density at radius 1 is 1.33 bits per heavy atom. The number of thioether (sulfide) groups is 1. The number of benzene rings is 1. The van der Waals surface area contributed by atoms with Crippen LogP contribution >= 0.6 is 11.8 Å². The molecule has 0 radical (unpaired) electrons. The molecule has 1 N–H and O–H groups in total. The van der Waals surface area contributed by atoms with Gasteiger partial charge in [-0.3, -0.25) is 4.72 Å². The van der Waals surface area contributed by atoms with E-state index in [1.54, 1.807) is 26.0 Å². The minimum absolute atomic E-state index is 0.301. The summed E-state index contributed by atoms with van der Waals surface area (Å²) in [4.78, 5) is 12.5. The van der Waals surface area contributed by atoms with Crippen LogP contribution in [0, 0.1) is 6.92 Å². The predicted molar refractivity (Wildman–Crippen MR) is 88.7 cm³/mol. The lowest BCUT2D eigenvalue weighted by molar-refractivity contribution is 0.0522. The summed E-state index contributed by atoms with van der Waals surface area (Å²) in [5, 5.41) is 0. The van der Waals surface area contributed by atoms with Crippen molar-refractivity contribution in [3.8, 4) is 0 Å². The maximum Gasteiger partial charge on any atom is 0.339 e. The Kier molecular flexibility index (Phi) is 8.43. The molecule has 0 heterocycles. The number of nitrogens with one attached hydrogen (secondary N) is 1. The van der Waals surface area contributed by atoms with E-state index in [-0.39, 0.29) is 0 Å². The number of sulfonamides is 1. The van der Waals surface area contributed by atoms with Gasteiger partial charge in [0, 0.05) is 4.90 Å². The first-order valence-corrected chi connectivity index (χ1v) is 9.73. The van der Waals surface area contributed by atoms with E-state index in [4.69, 9.17) is 4.74 Å². The topological polar surface area (TPSA) is 72.5 Å². The summed E-state index contributed by atoms with van der Waals surface area (Å²) in [7, 11) is -3.34. The third-order valence-electron chi connectivity index (χ3n) is 2.34. The number of hydrogen-bond donors (Lipinski definition) is 1. The summed E-state index contributed by atoms with van der Waals surface area (Å²) in [5.74, 6) is -0.402. The molecule has 1 rings (SSSR count). The molecule has 0 fully saturated rings. The Balaban J connectivity index is 0.00000191. The molecule has 0 aliphatic heterocycles. The van der Waals surface area contributed by atoms with E-state index in [1.165, 1.54) is 11.8 Å². The highest BCUT2D eigenvalue weighted by Crippen LogP contribution is 2.28. The van der Waals surface area contributed by atoms with Gasteiger partial charge in [-0.25, -0.2) is 13.2 Å². The molecule has 0 aliphatic carbocycles. The summed E-state index contributed by atoms with van der Waals surface area (Å²) in [6, 6.07) is 3.28. The van der Waals surface area contributed by atoms with Crippen LogP contribution in [-0.4, -0.2) is 33.5 Å². The lowest BCUT2D eigenvalue weighted by atomic mass is 10.1. The van der Waals surface area contributed by atoms with Crippen LogP contribution < -0.4 is 4.72 Å². The van der Waals surface area contributed by atoms with Crippen LogP contribution in [0.25, 0.3) is 0 Å². The molecule has 0 amide bonds. The third-order valence-corrected chi connectivity index (χ3v) is 3.71. The lowest BCUT2D eigenvalue weighted by Gasteiger charge is -2.13. The van der Waals surface area contributed by atoms with Crippen molar-refractivity contribution in [1.82, 2.24) is 0 Å². The molecule has 21 heavy (non-hydrogen) atoms. The van der Waals surface area contributed by atoms with Crippen molar-refractivity contribution in [2.24, 2.45) is 0 Å². The van der Waals surface area contributed by atoms with Crippen LogP contribution in [0.4, 0.5) is 5.69 Å². The van der Waals surface area contributed by atoms with Crippen molar-refractivity contribution in [3.05, 3.63) is 23.3 Å². The average molecular weight is 333 g/mol. The van der Waals surface area contributed by atoms with E-state index in [0.29, 0.717) is 28.3 Å². The molecule has 0 saturated heterocycles. The first kappa shape index (κ1) is 19.8. The molecule has 0 aromatic heterocycles. The third kappa shape index (κ3) is 6.39. The zero-order chi connectivity index (χ0) is 16.6. The predicted octanol–water partition coefficient (Wildman–Crippen LogP) is 3.29. The number of aryl methyl sites for hydroxylation is 1. The number of carbonyl (C=O) groups excluding carboxylic acids is 1. The second kappa shape index (κ2) is 8.94. The fraction of sp³-hybridized carbons (Fsp3) is 0.500. The standard InChI is InChI=1S/C12H17NO4S2.C2H6/c1-5-17-12(14)9-6-8(2)10(7-11(9)18-3)13-19(4,15)16;1-2/h6-7,13H,5H2,1-4H3;1-2H3. The molecule has 0 spiro atoms. The summed E-state index contributed by atoms with van der Waals surface area (Å²) in [5.41, 5.74) is 1.59. The summed E-state index contributed by atoms with van der Waals surface area (Å²) < 4.78 is 29.9. The van der Waals surface area contributed by atoms with Gasteiger partial charge in [0.2, 0.25) is 10.0 Å². The Bertz CT molecular complexity index is 583. The fourth-order valence-corrected chi connectivity index (χ4v) is 2.75. The highest BCUT2D eigenvalue weighted by Gasteiger charge is 2.16. The number of carbonyl (C=O) groups is 1. The van der Waals surface area contributed by atoms with Crippen molar-refractivity contribution in [2.75, 3.05) is 23.8 Å². The Morgan fingerprint density at radius 2 is 1.90 bits per heavy atom. The van der Waals surface area contributed by atoms with Crippen molar-refractivity contribution in [2.45, 2.75) is 32.6 Å². The van der Waals surface area contributed by atoms with Crippen LogP contribution in [0.5, 0.6) is 0 Å². The molecule has 0 aliphatic rings. The molecule has 120 valence electrons. The summed E-state index contributed by atoms with van der Waals surface area (Å²) >= 11 is 1.36. The fourth-order valence-electron chi connectivity index (χ4n) is 1.54. The van der Waals surface area contributed by atoms with Gasteiger partial charge >= 0.3 is 5.97 Å². The first-order chi connectivity index (χ1) is 9.78. The summed E-state index contributed by atoms with van der Waals surface area (Å²) in [6.07, 6.45) is 2.90. The number of rotatable bonds is 5. The number of esters is 1. The normalized spacial score (nSPS) is 10.4. The van der Waals surface area contributed by atoms with E-state index in [9.17, 15) is 13.2 Å². The molecule has 0 bridgehead atoms. The molecule has 0 unspecified atom stereocenters. The van der Waals surface area contributed by atoms with Crippen LogP contribution in [0.1, 0.15) is 36.7 Å². The maximum atomic E-state index is 11.8. The van der Waals surface area contributed by atoms with Gasteiger partial charge in [0.15, 0.2) is 0 Å². The molecule has 0 atom stereocenters. The van der Waals surface area contributed by atoms with Gasteiger partial charge in [-0.05, 0) is 37.8 Å². The molecule has 1 aromatic carbocycles. The molecule has 1 aromatic rings. The quantitative estimate of drug-likeness (QED) is 0.661. The van der Waals surface area contributed by atoms with Gasteiger partial charge in [0.25, 0.3) is 0 Å². The highest BCUT2D eigenvalue weighted by atomic mass is 32.2. The summed E-state index contributed by atoms with van der Waals surface area (Å²) in [6.45, 7) is 7.78. The van der Waals surface area contributed by atoms with Crippen LogP contribution in [0.15, 0.2) is 17.0 Å². The zero-order valence-electron chi connectivity index (χ0n) is 13.3. The van der Waals surface area contributed by atoms with Crippen molar-refractivity contribution >= 4 is 33.4 Å². The van der Waals surface area contributed by atoms with Crippen molar-refractivity contribution < 1.29 is 17.9 Å². The smallest absolute Gasteiger partial charge is 0.339 e. The van der Waals surface area contributed by atoms with E-state index < -0.39 is 16.0 Å². The second-order valence-corrected chi connectivity index (χ2v) is 6.56. The van der Waals surface area contributed by atoms with Crippen LogP contribution in [0.3, 0.4) is 0 Å². The second-order valence-electron chi connectivity index (χ2n) is 3.96. The molecular weight excluding hydrogens is 310 g/mol. The minimum atomic E-state index is -3.34. The van der Waals surface area contributed by atoms with Crippen molar-refractivity contribution in [1.29, 1.82) is 0 Å². The highest BCUT2D eigenvalue weighted by molar-refractivity contribution is 7.98. The zero-order valence-corrected chi connectivity index (χ0v) is 14.9. The number of anilines is 1. The van der Waals surface area contributed by atoms with Crippen LogP contribution in [0.2, 0.25) is 0 Å². The van der Waals surface area contributed by atoms with Gasteiger partial charge < -0.3 is 4.74 Å². The molecule has 0 saturated carbocycles. The van der Waals surface area contributed by atoms with E-state index in [1.807, 2.05) is 20.1 Å². The minimum Gasteiger partial charge on any atom is -0.462 e. The van der Waals surface area contributed by atoms with Gasteiger partial charge in [-0.2, -0.15) is 0 Å². The Hall–Kier alpha value is -1.21. The molecular formula is C14H23NO4S2. The monoisotopic (exact) mass is 333 g/mol. The molecule has 5 nitrogen and oxygen atoms in total. The first-order valence-electron chi connectivity index (χ1n) is 6.62. The average Bonchev–Trinajstić information content (AvgIpc) is 2.41. The van der Waals surface area contributed by atoms with Crippen molar-refractivity contribution in [3.63, 3.8) is 0 Å². The van der Waals surface area contributed by atoms with Gasteiger partial charge in [0.05, 0.1) is 24.1 Å². The SMILES string of the molecule is CC.CCOC(=O)c1cc(C)c(NS(C)(=O)=O)cc1SC. The van der Waals surface area contributed by atoms with E-state index in [2.05, 4.69) is 4.72 Å². The largest absolute Gasteiger partial charge is 0.462 e. The van der Waals surface area contributed by atoms with E-state index >= 15 is 0 Å². The van der Waals surface area contributed by atoms with Gasteiger partial charge in [-0.1, -0.05) is 13.8 Å². The molecule has 7 heteroatoms. The van der Waals surface area contributed by atoms with Gasteiger partial charge in [-0.15, -0.1) is 11.8 Å². The van der Waals surface area contributed by atoms with Crippen LogP contribution in [-0.2, 0) is 14.8 Å².